The third-order valence-corrected chi connectivity index (χ3v) is 7.81. The first-order valence-corrected chi connectivity index (χ1v) is 9.05. The van der Waals surface area contributed by atoms with Gasteiger partial charge in [-0.3, -0.25) is 4.79 Å². The molecule has 4 heteroatoms. The molecule has 0 aromatic rings. The van der Waals surface area contributed by atoms with Gasteiger partial charge in [-0.1, -0.05) is 26.8 Å². The van der Waals surface area contributed by atoms with E-state index in [0.29, 0.717) is 11.8 Å². The summed E-state index contributed by atoms with van der Waals surface area (Å²) in [6.45, 7) is 8.31. The number of esters is 1. The summed E-state index contributed by atoms with van der Waals surface area (Å²) in [6.07, 6.45) is 6.62. The third kappa shape index (κ3) is 1.46. The number of hydrogen-bond donors (Lipinski definition) is 0. The fraction of sp³-hybridized carbons (Fsp3) is 0.700. The zero-order valence-electron chi connectivity index (χ0n) is 14.7. The normalized spacial score (nSPS) is 50.7. The van der Waals surface area contributed by atoms with Gasteiger partial charge in [-0.2, -0.15) is 0 Å². The molecule has 2 saturated carbocycles. The average Bonchev–Trinajstić information content (AvgIpc) is 3.16. The number of carbonyl (C=O) groups excluding carboxylic acids is 2. The Morgan fingerprint density at radius 3 is 2.67 bits per heavy atom. The Labute approximate surface area is 142 Å². The molecule has 0 bridgehead atoms. The van der Waals surface area contributed by atoms with Gasteiger partial charge in [-0.05, 0) is 43.6 Å². The van der Waals surface area contributed by atoms with E-state index in [1.54, 1.807) is 6.08 Å². The van der Waals surface area contributed by atoms with Crippen LogP contribution in [0.3, 0.4) is 0 Å². The molecule has 3 fully saturated rings. The molecule has 3 aliphatic carbocycles. The van der Waals surface area contributed by atoms with Gasteiger partial charge < -0.3 is 9.47 Å². The van der Waals surface area contributed by atoms with Crippen molar-refractivity contribution in [3.05, 3.63) is 23.3 Å². The molecule has 0 radical (unpaired) electrons. The number of epoxide rings is 1. The molecule has 128 valence electrons. The van der Waals surface area contributed by atoms with Crippen LogP contribution in [0.1, 0.15) is 47.0 Å². The summed E-state index contributed by atoms with van der Waals surface area (Å²) >= 11 is 0. The van der Waals surface area contributed by atoms with Crippen LogP contribution in [-0.4, -0.2) is 29.6 Å². The largest absolute Gasteiger partial charge is 0.454 e. The Bertz CT molecular complexity index is 745. The molecule has 0 aromatic carbocycles. The molecule has 24 heavy (non-hydrogen) atoms. The standard InChI is InChI=1S/C20H24O4/c1-10-15-11(23-17(10)22)9-13-19(4)7-6-14(21)18(2,3)12(19)5-8-20(13)16(15)24-20/h6-7,11-13,16H,5,8-9H2,1-4H3/t11-,12-,13+,16-,19-,20+/m1/s1. The highest BCUT2D eigenvalue weighted by Gasteiger charge is 2.75. The summed E-state index contributed by atoms with van der Waals surface area (Å²) in [6, 6.07) is 0. The molecule has 0 unspecified atom stereocenters. The minimum Gasteiger partial charge on any atom is -0.454 e. The summed E-state index contributed by atoms with van der Waals surface area (Å²) in [5, 5.41) is 0. The number of fused-ring (bicyclic) bond motifs is 4. The molecular formula is C20H24O4. The van der Waals surface area contributed by atoms with Crippen LogP contribution in [0.4, 0.5) is 0 Å². The highest BCUT2D eigenvalue weighted by molar-refractivity contribution is 5.96. The number of allylic oxidation sites excluding steroid dienone is 2. The lowest BCUT2D eigenvalue weighted by atomic mass is 9.46. The molecule has 6 atom stereocenters. The maximum absolute atomic E-state index is 12.4. The number of ketones is 1. The maximum atomic E-state index is 12.4. The van der Waals surface area contributed by atoms with Crippen LogP contribution in [0.15, 0.2) is 23.3 Å². The van der Waals surface area contributed by atoms with E-state index in [1.165, 1.54) is 0 Å². The molecule has 5 aliphatic rings. The van der Waals surface area contributed by atoms with Crippen molar-refractivity contribution in [1.82, 2.24) is 0 Å². The van der Waals surface area contributed by atoms with Crippen LogP contribution in [-0.2, 0) is 19.1 Å². The average molecular weight is 328 g/mol. The summed E-state index contributed by atoms with van der Waals surface area (Å²) in [7, 11) is 0. The van der Waals surface area contributed by atoms with Crippen molar-refractivity contribution in [3.8, 4) is 0 Å². The highest BCUT2D eigenvalue weighted by atomic mass is 16.6. The van der Waals surface area contributed by atoms with Crippen LogP contribution >= 0.6 is 0 Å². The van der Waals surface area contributed by atoms with Crippen molar-refractivity contribution in [2.75, 3.05) is 0 Å². The van der Waals surface area contributed by atoms with Gasteiger partial charge in [0.05, 0.1) is 0 Å². The van der Waals surface area contributed by atoms with Gasteiger partial charge in [-0.15, -0.1) is 0 Å². The number of carbonyl (C=O) groups is 2. The van der Waals surface area contributed by atoms with Crippen molar-refractivity contribution >= 4 is 11.8 Å². The predicted molar refractivity (Wildman–Crippen MR) is 87.1 cm³/mol. The number of ether oxygens (including phenoxy) is 2. The fourth-order valence-corrected chi connectivity index (χ4v) is 6.45. The SMILES string of the molecule is CC1=C2[C@H]3O[C@]34CC[C@@H]3C(C)(C)C(=O)C=C[C@@]3(C)[C@@H]4C[C@H]2OC1=O. The van der Waals surface area contributed by atoms with Crippen molar-refractivity contribution in [1.29, 1.82) is 0 Å². The molecule has 2 aliphatic heterocycles. The third-order valence-electron chi connectivity index (χ3n) is 7.81. The van der Waals surface area contributed by atoms with E-state index < -0.39 is 0 Å². The monoisotopic (exact) mass is 328 g/mol. The Morgan fingerprint density at radius 1 is 1.17 bits per heavy atom. The molecule has 0 aromatic heterocycles. The summed E-state index contributed by atoms with van der Waals surface area (Å²) < 4.78 is 11.9. The van der Waals surface area contributed by atoms with Crippen LogP contribution in [0, 0.1) is 22.7 Å². The smallest absolute Gasteiger partial charge is 0.334 e. The Balaban J connectivity index is 1.61. The van der Waals surface area contributed by atoms with E-state index in [0.717, 1.165) is 30.4 Å². The number of hydrogen-bond acceptors (Lipinski definition) is 4. The molecule has 0 amide bonds. The van der Waals surface area contributed by atoms with Crippen molar-refractivity contribution in [3.63, 3.8) is 0 Å². The maximum Gasteiger partial charge on any atom is 0.334 e. The van der Waals surface area contributed by atoms with Gasteiger partial charge in [0.2, 0.25) is 0 Å². The molecular weight excluding hydrogens is 304 g/mol. The first kappa shape index (κ1) is 14.9. The van der Waals surface area contributed by atoms with Gasteiger partial charge in [0.15, 0.2) is 5.78 Å². The lowest BCUT2D eigenvalue weighted by Gasteiger charge is -2.57. The summed E-state index contributed by atoms with van der Waals surface area (Å²) in [4.78, 5) is 24.5. The Hall–Kier alpha value is -1.42. The van der Waals surface area contributed by atoms with E-state index in [2.05, 4.69) is 26.8 Å². The second-order valence-electron chi connectivity index (χ2n) is 9.09. The lowest BCUT2D eigenvalue weighted by Crippen LogP contribution is -2.58. The minimum atomic E-state index is -0.339. The first-order valence-electron chi connectivity index (χ1n) is 9.05. The molecule has 5 rings (SSSR count). The molecule has 1 saturated heterocycles. The summed E-state index contributed by atoms with van der Waals surface area (Å²) in [5.41, 5.74) is 1.27. The van der Waals surface area contributed by atoms with Gasteiger partial charge >= 0.3 is 5.97 Å². The van der Waals surface area contributed by atoms with Gasteiger partial charge in [0, 0.05) is 22.5 Å². The second kappa shape index (κ2) is 4.04. The zero-order valence-corrected chi connectivity index (χ0v) is 14.7. The zero-order chi connectivity index (χ0) is 17.1. The Morgan fingerprint density at radius 2 is 1.92 bits per heavy atom. The van der Waals surface area contributed by atoms with Crippen LogP contribution in [0.25, 0.3) is 0 Å². The van der Waals surface area contributed by atoms with Crippen molar-refractivity contribution in [2.45, 2.75) is 64.8 Å². The van der Waals surface area contributed by atoms with E-state index in [4.69, 9.17) is 9.47 Å². The van der Waals surface area contributed by atoms with Crippen LogP contribution in [0.5, 0.6) is 0 Å². The lowest BCUT2D eigenvalue weighted by molar-refractivity contribution is -0.144. The van der Waals surface area contributed by atoms with Crippen LogP contribution < -0.4 is 0 Å². The van der Waals surface area contributed by atoms with E-state index >= 15 is 0 Å². The van der Waals surface area contributed by atoms with Gasteiger partial charge in [0.25, 0.3) is 0 Å². The predicted octanol–water partition coefficient (Wildman–Crippen LogP) is 2.97. The van der Waals surface area contributed by atoms with Crippen LogP contribution in [0.2, 0.25) is 0 Å². The quantitative estimate of drug-likeness (QED) is 0.507. The number of rotatable bonds is 0. The molecule has 2 heterocycles. The van der Waals surface area contributed by atoms with Crippen molar-refractivity contribution < 1.29 is 19.1 Å². The summed E-state index contributed by atoms with van der Waals surface area (Å²) in [5.74, 6) is 0.654. The molecule has 1 spiro atoms. The van der Waals surface area contributed by atoms with E-state index in [1.807, 2.05) is 6.92 Å². The fourth-order valence-electron chi connectivity index (χ4n) is 6.45. The topological polar surface area (TPSA) is 55.9 Å². The minimum absolute atomic E-state index is 0.0413. The Kier molecular flexibility index (Phi) is 2.50. The highest BCUT2D eigenvalue weighted by Crippen LogP contribution is 2.70. The van der Waals surface area contributed by atoms with Crippen molar-refractivity contribution in [2.24, 2.45) is 22.7 Å². The van der Waals surface area contributed by atoms with E-state index in [9.17, 15) is 9.59 Å². The second-order valence-corrected chi connectivity index (χ2v) is 9.09. The first-order chi connectivity index (χ1) is 11.2. The molecule has 4 nitrogen and oxygen atoms in total. The molecule has 0 N–H and O–H groups in total. The van der Waals surface area contributed by atoms with E-state index in [-0.39, 0.29) is 40.4 Å². The van der Waals surface area contributed by atoms with Gasteiger partial charge in [0.1, 0.15) is 17.8 Å². The van der Waals surface area contributed by atoms with Gasteiger partial charge in [-0.25, -0.2) is 4.79 Å².